The molecule has 106 valence electrons. The Morgan fingerprint density at radius 2 is 1.53 bits per heavy atom. The number of hydrazine groups is 1. The van der Waals surface area contributed by atoms with Crippen molar-refractivity contribution in [3.8, 4) is 0 Å². The van der Waals surface area contributed by atoms with Crippen molar-refractivity contribution in [3.63, 3.8) is 0 Å². The van der Waals surface area contributed by atoms with Gasteiger partial charge in [0.1, 0.15) is 0 Å². The molecule has 0 saturated carbocycles. The number of rotatable bonds is 4. The van der Waals surface area contributed by atoms with Crippen LogP contribution >= 0.6 is 0 Å². The number of nitrogens with two attached hydrogens (primary N) is 1. The first kappa shape index (κ1) is 19.2. The van der Waals surface area contributed by atoms with E-state index in [9.17, 15) is 0 Å². The second-order valence-electron chi connectivity index (χ2n) is 4.39. The lowest BCUT2D eigenvalue weighted by Crippen LogP contribution is -2.34. The van der Waals surface area contributed by atoms with Crippen LogP contribution in [-0.4, -0.2) is 68.7 Å². The highest BCUT2D eigenvalue weighted by Crippen LogP contribution is 2.02. The third kappa shape index (κ3) is 15.8. The molecule has 0 atom stereocenters. The quantitative estimate of drug-likeness (QED) is 0.602. The molecule has 1 aliphatic heterocycles. The van der Waals surface area contributed by atoms with Crippen molar-refractivity contribution in [1.82, 2.24) is 14.8 Å². The van der Waals surface area contributed by atoms with Crippen LogP contribution in [-0.2, 0) is 0 Å². The molecule has 0 amide bonds. The van der Waals surface area contributed by atoms with Gasteiger partial charge in [0.05, 0.1) is 0 Å². The molecule has 1 saturated heterocycles. The molecule has 0 aromatic heterocycles. The van der Waals surface area contributed by atoms with Crippen molar-refractivity contribution >= 4 is 0 Å². The fourth-order valence-corrected chi connectivity index (χ4v) is 1.36. The van der Waals surface area contributed by atoms with Gasteiger partial charge in [-0.2, -0.15) is 0 Å². The van der Waals surface area contributed by atoms with Gasteiger partial charge in [-0.1, -0.05) is 20.8 Å². The van der Waals surface area contributed by atoms with E-state index in [-0.39, 0.29) is 0 Å². The van der Waals surface area contributed by atoms with Crippen LogP contribution in [0, 0.1) is 0 Å². The highest BCUT2D eigenvalue weighted by Gasteiger charge is 2.03. The van der Waals surface area contributed by atoms with Gasteiger partial charge in [-0.25, -0.2) is 5.01 Å². The van der Waals surface area contributed by atoms with Crippen molar-refractivity contribution in [3.05, 3.63) is 0 Å². The molecule has 4 nitrogen and oxygen atoms in total. The SMILES string of the molecule is CC.CCN(C)CCN(C)N.CN1CCCC1. The Labute approximate surface area is 109 Å². The minimum absolute atomic E-state index is 0.935. The average Bonchev–Trinajstić information content (AvgIpc) is 2.80. The molecule has 0 unspecified atom stereocenters. The highest BCUT2D eigenvalue weighted by molar-refractivity contribution is 4.59. The third-order valence-electron chi connectivity index (χ3n) is 2.70. The maximum atomic E-state index is 5.40. The van der Waals surface area contributed by atoms with Crippen molar-refractivity contribution < 1.29 is 0 Å². The maximum absolute atomic E-state index is 5.40. The summed E-state index contributed by atoms with van der Waals surface area (Å²) in [4.78, 5) is 4.59. The molecule has 17 heavy (non-hydrogen) atoms. The lowest BCUT2D eigenvalue weighted by molar-refractivity contribution is 0.268. The Hall–Kier alpha value is -0.160. The molecule has 2 N–H and O–H groups in total. The molecule has 0 aromatic rings. The lowest BCUT2D eigenvalue weighted by Gasteiger charge is -2.16. The largest absolute Gasteiger partial charge is 0.306 e. The lowest BCUT2D eigenvalue weighted by atomic mass is 10.4. The van der Waals surface area contributed by atoms with Crippen LogP contribution in [0.1, 0.15) is 33.6 Å². The second kappa shape index (κ2) is 13.9. The molecule has 0 aliphatic carbocycles. The summed E-state index contributed by atoms with van der Waals surface area (Å²) in [6.45, 7) is 11.8. The number of hydrogen-bond acceptors (Lipinski definition) is 4. The summed E-state index contributed by atoms with van der Waals surface area (Å²) in [7, 11) is 6.14. The van der Waals surface area contributed by atoms with E-state index in [1.165, 1.54) is 25.9 Å². The monoisotopic (exact) mass is 246 g/mol. The molecular formula is C13H34N4. The zero-order chi connectivity index (χ0) is 13.7. The fraction of sp³-hybridized carbons (Fsp3) is 1.00. The summed E-state index contributed by atoms with van der Waals surface area (Å²) in [5.74, 6) is 5.40. The normalized spacial score (nSPS) is 15.4. The molecule has 0 bridgehead atoms. The van der Waals surface area contributed by atoms with Gasteiger partial charge in [-0.3, -0.25) is 5.84 Å². The minimum atomic E-state index is 0.935. The van der Waals surface area contributed by atoms with Gasteiger partial charge in [-0.15, -0.1) is 0 Å². The molecule has 0 aromatic carbocycles. The standard InChI is InChI=1S/C6H17N3.C5H11N.C2H6/c1-4-8(2)5-6-9(3)7;1-6-4-2-3-5-6;1-2/h4-7H2,1-3H3;2-5H2,1H3;1-2H3. The first-order chi connectivity index (χ1) is 8.06. The number of nitrogens with zero attached hydrogens (tertiary/aromatic N) is 3. The van der Waals surface area contributed by atoms with Gasteiger partial charge in [-0.05, 0) is 46.6 Å². The molecule has 4 heteroatoms. The zero-order valence-electron chi connectivity index (χ0n) is 12.9. The van der Waals surface area contributed by atoms with Crippen molar-refractivity contribution in [2.45, 2.75) is 33.6 Å². The summed E-state index contributed by atoms with van der Waals surface area (Å²) >= 11 is 0. The minimum Gasteiger partial charge on any atom is -0.306 e. The van der Waals surface area contributed by atoms with Crippen molar-refractivity contribution in [2.24, 2.45) is 5.84 Å². The molecular weight excluding hydrogens is 212 g/mol. The Morgan fingerprint density at radius 3 is 1.76 bits per heavy atom. The third-order valence-corrected chi connectivity index (χ3v) is 2.70. The Morgan fingerprint density at radius 1 is 1.06 bits per heavy atom. The Bertz CT molecular complexity index is 133. The van der Waals surface area contributed by atoms with Crippen molar-refractivity contribution in [1.29, 1.82) is 0 Å². The van der Waals surface area contributed by atoms with E-state index in [1.54, 1.807) is 5.01 Å². The van der Waals surface area contributed by atoms with E-state index >= 15 is 0 Å². The number of likely N-dealkylation sites (tertiary alicyclic amines) is 1. The van der Waals surface area contributed by atoms with Crippen LogP contribution < -0.4 is 5.84 Å². The van der Waals surface area contributed by atoms with Crippen LogP contribution in [0.5, 0.6) is 0 Å². The average molecular weight is 246 g/mol. The molecule has 1 aliphatic rings. The van der Waals surface area contributed by atoms with E-state index in [0.717, 1.165) is 19.6 Å². The Balaban J connectivity index is 0. The van der Waals surface area contributed by atoms with Gasteiger partial charge < -0.3 is 9.80 Å². The first-order valence-corrected chi connectivity index (χ1v) is 6.89. The van der Waals surface area contributed by atoms with Gasteiger partial charge in [0, 0.05) is 20.1 Å². The van der Waals surface area contributed by atoms with Crippen LogP contribution in [0.25, 0.3) is 0 Å². The van der Waals surface area contributed by atoms with Gasteiger partial charge in [0.2, 0.25) is 0 Å². The first-order valence-electron chi connectivity index (χ1n) is 6.89. The highest BCUT2D eigenvalue weighted by atomic mass is 15.4. The van der Waals surface area contributed by atoms with Crippen molar-refractivity contribution in [2.75, 3.05) is 53.9 Å². The summed E-state index contributed by atoms with van der Waals surface area (Å²) in [5.41, 5.74) is 0. The van der Waals surface area contributed by atoms with Gasteiger partial charge in [0.25, 0.3) is 0 Å². The molecule has 1 rings (SSSR count). The molecule has 1 fully saturated rings. The molecule has 0 spiro atoms. The summed E-state index contributed by atoms with van der Waals surface area (Å²) in [5, 5.41) is 1.70. The predicted molar refractivity (Wildman–Crippen MR) is 78.1 cm³/mol. The van der Waals surface area contributed by atoms with E-state index in [1.807, 2.05) is 20.9 Å². The van der Waals surface area contributed by atoms with E-state index < -0.39 is 0 Å². The number of likely N-dealkylation sites (N-methyl/N-ethyl adjacent to an activating group) is 2. The fourth-order valence-electron chi connectivity index (χ4n) is 1.36. The Kier molecular flexibility index (Phi) is 15.7. The summed E-state index contributed by atoms with van der Waals surface area (Å²) < 4.78 is 0. The topological polar surface area (TPSA) is 35.7 Å². The van der Waals surface area contributed by atoms with E-state index in [2.05, 4.69) is 30.8 Å². The van der Waals surface area contributed by atoms with Crippen LogP contribution in [0.2, 0.25) is 0 Å². The molecule has 0 radical (unpaired) electrons. The predicted octanol–water partition coefficient (Wildman–Crippen LogP) is 1.48. The smallest absolute Gasteiger partial charge is 0.0253 e. The second-order valence-corrected chi connectivity index (χ2v) is 4.39. The van der Waals surface area contributed by atoms with Crippen LogP contribution in [0.15, 0.2) is 0 Å². The summed E-state index contributed by atoms with van der Waals surface area (Å²) in [6, 6.07) is 0. The van der Waals surface area contributed by atoms with Gasteiger partial charge >= 0.3 is 0 Å². The summed E-state index contributed by atoms with van der Waals surface area (Å²) in [6.07, 6.45) is 2.83. The maximum Gasteiger partial charge on any atom is 0.0253 e. The van der Waals surface area contributed by atoms with E-state index in [4.69, 9.17) is 5.84 Å². The zero-order valence-corrected chi connectivity index (χ0v) is 12.9. The number of hydrogen-bond donors (Lipinski definition) is 1. The van der Waals surface area contributed by atoms with Gasteiger partial charge in [0.15, 0.2) is 0 Å². The van der Waals surface area contributed by atoms with Crippen LogP contribution in [0.4, 0.5) is 0 Å². The van der Waals surface area contributed by atoms with Crippen LogP contribution in [0.3, 0.4) is 0 Å². The van der Waals surface area contributed by atoms with E-state index in [0.29, 0.717) is 0 Å². The molecule has 1 heterocycles.